The third kappa shape index (κ3) is 7.05. The van der Waals surface area contributed by atoms with Gasteiger partial charge in [-0.2, -0.15) is 13.2 Å². The van der Waals surface area contributed by atoms with Crippen molar-refractivity contribution < 1.29 is 27.5 Å². The first-order valence-electron chi connectivity index (χ1n) is 8.76. The van der Waals surface area contributed by atoms with E-state index < -0.39 is 31.2 Å². The molecule has 10 heteroatoms. The average Bonchev–Trinajstić information content (AvgIpc) is 2.61. The highest BCUT2D eigenvalue weighted by molar-refractivity contribution is 5.93. The summed E-state index contributed by atoms with van der Waals surface area (Å²) in [6, 6.07) is 4.39. The second-order valence-corrected chi connectivity index (χ2v) is 6.40. The van der Waals surface area contributed by atoms with Crippen molar-refractivity contribution in [3.8, 4) is 5.75 Å². The molecule has 29 heavy (non-hydrogen) atoms. The van der Waals surface area contributed by atoms with Crippen molar-refractivity contribution in [1.29, 1.82) is 0 Å². The first-order chi connectivity index (χ1) is 13.5. The van der Waals surface area contributed by atoms with Gasteiger partial charge in [-0.05, 0) is 43.2 Å². The average molecular weight is 410 g/mol. The molecular formula is C19H21F3N4O3. The Bertz CT molecular complexity index is 887. The van der Waals surface area contributed by atoms with Crippen molar-refractivity contribution >= 4 is 17.6 Å². The summed E-state index contributed by atoms with van der Waals surface area (Å²) in [4.78, 5) is 31.6. The van der Waals surface area contributed by atoms with Gasteiger partial charge in [0, 0.05) is 13.1 Å². The Morgan fingerprint density at radius 3 is 2.59 bits per heavy atom. The molecular weight excluding hydrogens is 389 g/mol. The number of carbonyl (C=O) groups excluding carboxylic acids is 2. The van der Waals surface area contributed by atoms with Crippen LogP contribution in [0.5, 0.6) is 5.75 Å². The van der Waals surface area contributed by atoms with Crippen molar-refractivity contribution in [2.75, 3.05) is 11.9 Å². The molecule has 7 nitrogen and oxygen atoms in total. The van der Waals surface area contributed by atoms with Gasteiger partial charge >= 0.3 is 6.18 Å². The SMILES string of the molecule is CC(=O)Nc1cc(C(C)NC(=O)c2cc(C)c(OCCC(F)(F)F)cn2)ccn1. The number of aromatic nitrogens is 2. The number of anilines is 1. The van der Waals surface area contributed by atoms with Crippen molar-refractivity contribution in [2.45, 2.75) is 39.4 Å². The van der Waals surface area contributed by atoms with Gasteiger partial charge in [0.1, 0.15) is 17.3 Å². The van der Waals surface area contributed by atoms with Gasteiger partial charge in [-0.3, -0.25) is 9.59 Å². The molecule has 0 bridgehead atoms. The number of nitrogens with zero attached hydrogens (tertiary/aromatic N) is 2. The van der Waals surface area contributed by atoms with E-state index in [0.29, 0.717) is 11.4 Å². The minimum Gasteiger partial charge on any atom is -0.491 e. The van der Waals surface area contributed by atoms with Gasteiger partial charge in [-0.15, -0.1) is 0 Å². The molecule has 2 aromatic rings. The lowest BCUT2D eigenvalue weighted by atomic mass is 10.1. The predicted octanol–water partition coefficient (Wildman–Crippen LogP) is 3.57. The number of hydrogen-bond acceptors (Lipinski definition) is 5. The van der Waals surface area contributed by atoms with Crippen LogP contribution in [-0.2, 0) is 4.79 Å². The van der Waals surface area contributed by atoms with Gasteiger partial charge in [-0.25, -0.2) is 9.97 Å². The molecule has 0 saturated heterocycles. The molecule has 1 unspecified atom stereocenters. The second kappa shape index (κ2) is 9.35. The van der Waals surface area contributed by atoms with Gasteiger partial charge in [0.2, 0.25) is 5.91 Å². The highest BCUT2D eigenvalue weighted by Gasteiger charge is 2.27. The van der Waals surface area contributed by atoms with E-state index in [1.54, 1.807) is 26.0 Å². The number of rotatable bonds is 7. The van der Waals surface area contributed by atoms with Crippen LogP contribution in [0.15, 0.2) is 30.6 Å². The summed E-state index contributed by atoms with van der Waals surface area (Å²) in [5.74, 6) is -0.165. The molecule has 0 fully saturated rings. The number of ether oxygens (including phenoxy) is 1. The Kier molecular flexibility index (Phi) is 7.13. The standard InChI is InChI=1S/C19H21F3N4O3/c1-11-8-15(24-10-16(11)29-7-5-19(20,21)22)18(28)25-12(2)14-4-6-23-17(9-14)26-13(3)27/h4,6,8-10,12H,5,7H2,1-3H3,(H,25,28)(H,23,26,27). The maximum atomic E-state index is 12.5. The molecule has 0 spiro atoms. The fourth-order valence-electron chi connectivity index (χ4n) is 2.41. The van der Waals surface area contributed by atoms with Crippen LogP contribution in [0.2, 0.25) is 0 Å². The fraction of sp³-hybridized carbons (Fsp3) is 0.368. The van der Waals surface area contributed by atoms with E-state index >= 15 is 0 Å². The van der Waals surface area contributed by atoms with Crippen molar-refractivity contribution in [3.05, 3.63) is 47.4 Å². The van der Waals surface area contributed by atoms with Gasteiger partial charge < -0.3 is 15.4 Å². The summed E-state index contributed by atoms with van der Waals surface area (Å²) < 4.78 is 41.7. The number of alkyl halides is 3. The minimum atomic E-state index is -4.30. The normalized spacial score (nSPS) is 12.2. The van der Waals surface area contributed by atoms with Gasteiger partial charge in [0.25, 0.3) is 5.91 Å². The van der Waals surface area contributed by atoms with Gasteiger partial charge in [-0.1, -0.05) is 0 Å². The van der Waals surface area contributed by atoms with Crippen molar-refractivity contribution in [1.82, 2.24) is 15.3 Å². The smallest absolute Gasteiger partial charge is 0.392 e. The first-order valence-corrected chi connectivity index (χ1v) is 8.76. The Balaban J connectivity index is 2.01. The number of nitrogens with one attached hydrogen (secondary N) is 2. The van der Waals surface area contributed by atoms with Crippen LogP contribution in [0.1, 0.15) is 47.9 Å². The van der Waals surface area contributed by atoms with Crippen molar-refractivity contribution in [2.24, 2.45) is 0 Å². The number of hydrogen-bond donors (Lipinski definition) is 2. The molecule has 2 aromatic heterocycles. The van der Waals surface area contributed by atoms with Crippen LogP contribution >= 0.6 is 0 Å². The number of halogens is 3. The molecule has 1 atom stereocenters. The minimum absolute atomic E-state index is 0.105. The monoisotopic (exact) mass is 410 g/mol. The summed E-state index contributed by atoms with van der Waals surface area (Å²) in [5.41, 5.74) is 1.33. The highest BCUT2D eigenvalue weighted by atomic mass is 19.4. The zero-order chi connectivity index (χ0) is 21.6. The molecule has 2 heterocycles. The molecule has 0 aliphatic rings. The van der Waals surface area contributed by atoms with E-state index in [9.17, 15) is 22.8 Å². The number of carbonyl (C=O) groups is 2. The van der Waals surface area contributed by atoms with Gasteiger partial charge in [0.05, 0.1) is 25.3 Å². The molecule has 2 amide bonds. The molecule has 0 radical (unpaired) electrons. The van der Waals surface area contributed by atoms with E-state index in [4.69, 9.17) is 4.74 Å². The zero-order valence-corrected chi connectivity index (χ0v) is 16.1. The molecule has 0 aromatic carbocycles. The summed E-state index contributed by atoms with van der Waals surface area (Å²) in [6.45, 7) is 4.22. The van der Waals surface area contributed by atoms with Crippen LogP contribution in [-0.4, -0.2) is 34.6 Å². The largest absolute Gasteiger partial charge is 0.491 e. The van der Waals surface area contributed by atoms with E-state index in [1.807, 2.05) is 0 Å². The second-order valence-electron chi connectivity index (χ2n) is 6.40. The Hall–Kier alpha value is -3.17. The highest BCUT2D eigenvalue weighted by Crippen LogP contribution is 2.22. The van der Waals surface area contributed by atoms with E-state index in [2.05, 4.69) is 20.6 Å². The Morgan fingerprint density at radius 2 is 1.97 bits per heavy atom. The molecule has 0 saturated carbocycles. The molecule has 156 valence electrons. The van der Waals surface area contributed by atoms with Crippen LogP contribution in [0, 0.1) is 6.92 Å². The van der Waals surface area contributed by atoms with Crippen LogP contribution < -0.4 is 15.4 Å². The topological polar surface area (TPSA) is 93.2 Å². The summed E-state index contributed by atoms with van der Waals surface area (Å²) in [5, 5.41) is 5.34. The van der Waals surface area contributed by atoms with Crippen molar-refractivity contribution in [3.63, 3.8) is 0 Å². The Morgan fingerprint density at radius 1 is 1.24 bits per heavy atom. The lowest BCUT2D eigenvalue weighted by molar-refractivity contribution is -0.139. The van der Waals surface area contributed by atoms with E-state index in [0.717, 1.165) is 5.56 Å². The molecule has 2 rings (SSSR count). The summed E-state index contributed by atoms with van der Waals surface area (Å²) in [7, 11) is 0. The third-order valence-electron chi connectivity index (χ3n) is 3.87. The fourth-order valence-corrected chi connectivity index (χ4v) is 2.41. The van der Waals surface area contributed by atoms with Crippen LogP contribution in [0.4, 0.5) is 19.0 Å². The maximum Gasteiger partial charge on any atom is 0.392 e. The first kappa shape index (κ1) is 22.1. The predicted molar refractivity (Wildman–Crippen MR) is 99.6 cm³/mol. The summed E-state index contributed by atoms with van der Waals surface area (Å²) in [6.07, 6.45) is -2.63. The summed E-state index contributed by atoms with van der Waals surface area (Å²) >= 11 is 0. The quantitative estimate of drug-likeness (QED) is 0.728. The van der Waals surface area contributed by atoms with Crippen LogP contribution in [0.3, 0.4) is 0 Å². The zero-order valence-electron chi connectivity index (χ0n) is 16.1. The lowest BCUT2D eigenvalue weighted by Crippen LogP contribution is -2.27. The van der Waals surface area contributed by atoms with E-state index in [-0.39, 0.29) is 17.4 Å². The Labute approximate surface area is 165 Å². The van der Waals surface area contributed by atoms with E-state index in [1.165, 1.54) is 25.4 Å². The van der Waals surface area contributed by atoms with Gasteiger partial charge in [0.15, 0.2) is 0 Å². The lowest BCUT2D eigenvalue weighted by Gasteiger charge is -2.16. The van der Waals surface area contributed by atoms with Crippen LogP contribution in [0.25, 0.3) is 0 Å². The number of amides is 2. The molecule has 2 N–H and O–H groups in total. The number of aryl methyl sites for hydroxylation is 1. The number of pyridine rings is 2. The molecule has 0 aliphatic carbocycles. The maximum absolute atomic E-state index is 12.5. The molecule has 0 aliphatic heterocycles. The third-order valence-corrected chi connectivity index (χ3v) is 3.87.